The minimum atomic E-state index is -0.636. The summed E-state index contributed by atoms with van der Waals surface area (Å²) < 4.78 is 25.0. The van der Waals surface area contributed by atoms with Crippen LogP contribution in [0.15, 0.2) is 40.9 Å². The van der Waals surface area contributed by atoms with E-state index >= 15 is 0 Å². The van der Waals surface area contributed by atoms with Gasteiger partial charge < -0.3 is 9.47 Å². The lowest BCUT2D eigenvalue weighted by Crippen LogP contribution is -2.12. The van der Waals surface area contributed by atoms with Gasteiger partial charge in [-0.15, -0.1) is 0 Å². The molecule has 0 fully saturated rings. The van der Waals surface area contributed by atoms with E-state index in [9.17, 15) is 9.18 Å². The molecule has 1 aromatic heterocycles. The predicted molar refractivity (Wildman–Crippen MR) is 101 cm³/mol. The molecule has 0 atom stereocenters. The maximum atomic E-state index is 13.5. The van der Waals surface area contributed by atoms with Crippen molar-refractivity contribution in [1.29, 1.82) is 5.26 Å². The lowest BCUT2D eigenvalue weighted by molar-refractivity contribution is 0.0729. The Balaban J connectivity index is 2.06. The fraction of sp³-hybridized carbons (Fsp3) is 0.150. The number of halogens is 2. The monoisotopic (exact) mass is 428 g/mol. The lowest BCUT2D eigenvalue weighted by atomic mass is 10.1. The van der Waals surface area contributed by atoms with Crippen LogP contribution in [0, 0.1) is 24.1 Å². The summed E-state index contributed by atoms with van der Waals surface area (Å²) in [7, 11) is 0. The highest BCUT2D eigenvalue weighted by atomic mass is 79.9. The number of benzene rings is 2. The van der Waals surface area contributed by atoms with Gasteiger partial charge in [-0.3, -0.25) is 4.98 Å². The van der Waals surface area contributed by atoms with Crippen molar-refractivity contribution in [3.8, 4) is 17.6 Å². The van der Waals surface area contributed by atoms with E-state index in [0.717, 1.165) is 0 Å². The van der Waals surface area contributed by atoms with E-state index in [4.69, 9.17) is 14.7 Å². The number of aryl methyl sites for hydroxylation is 1. The largest absolute Gasteiger partial charge is 0.490 e. The molecule has 0 amide bonds. The zero-order valence-electron chi connectivity index (χ0n) is 14.5. The number of carbonyl (C=O) groups excluding carboxylic acids is 1. The van der Waals surface area contributed by atoms with Crippen molar-refractivity contribution in [3.63, 3.8) is 0 Å². The van der Waals surface area contributed by atoms with Gasteiger partial charge in [0.15, 0.2) is 11.5 Å². The van der Waals surface area contributed by atoms with Crippen LogP contribution in [0.25, 0.3) is 10.9 Å². The summed E-state index contributed by atoms with van der Waals surface area (Å²) >= 11 is 3.31. The second kappa shape index (κ2) is 7.72. The smallest absolute Gasteiger partial charge is 0.344 e. The predicted octanol–water partition coefficient (Wildman–Crippen LogP) is 4.93. The van der Waals surface area contributed by atoms with Gasteiger partial charge in [-0.05, 0) is 54.0 Å². The number of hydrogen-bond donors (Lipinski definition) is 0. The number of nitrogens with zero attached hydrogens (tertiary/aromatic N) is 2. The molecule has 0 radical (unpaired) electrons. The van der Waals surface area contributed by atoms with Gasteiger partial charge in [0, 0.05) is 23.2 Å². The Morgan fingerprint density at radius 3 is 2.78 bits per heavy atom. The number of hydrogen-bond acceptors (Lipinski definition) is 5. The maximum absolute atomic E-state index is 13.5. The number of nitriles is 1. The molecular weight excluding hydrogens is 415 g/mol. The van der Waals surface area contributed by atoms with Crippen LogP contribution in [0.2, 0.25) is 0 Å². The van der Waals surface area contributed by atoms with E-state index in [1.807, 2.05) is 6.07 Å². The number of fused-ring (bicyclic) bond motifs is 1. The van der Waals surface area contributed by atoms with Crippen LogP contribution in [-0.4, -0.2) is 17.6 Å². The molecule has 0 bridgehead atoms. The molecule has 0 spiro atoms. The molecule has 0 aliphatic carbocycles. The molecule has 0 aliphatic heterocycles. The number of aromatic nitrogens is 1. The van der Waals surface area contributed by atoms with Crippen LogP contribution < -0.4 is 9.47 Å². The highest BCUT2D eigenvalue weighted by Gasteiger charge is 2.20. The van der Waals surface area contributed by atoms with E-state index in [2.05, 4.69) is 20.9 Å². The first-order valence-corrected chi connectivity index (χ1v) is 8.87. The van der Waals surface area contributed by atoms with Crippen LogP contribution in [0.3, 0.4) is 0 Å². The minimum absolute atomic E-state index is 0.172. The summed E-state index contributed by atoms with van der Waals surface area (Å²) in [5, 5.41) is 9.59. The molecule has 1 heterocycles. The molecule has 0 saturated carbocycles. The zero-order valence-corrected chi connectivity index (χ0v) is 16.1. The Morgan fingerprint density at radius 1 is 1.30 bits per heavy atom. The molecule has 0 saturated heterocycles. The van der Waals surface area contributed by atoms with Crippen LogP contribution in [0.1, 0.15) is 28.5 Å². The number of carbonyl (C=O) groups is 1. The van der Waals surface area contributed by atoms with Gasteiger partial charge in [0.25, 0.3) is 0 Å². The molecule has 27 heavy (non-hydrogen) atoms. The molecule has 5 nitrogen and oxygen atoms in total. The molecule has 2 aromatic carbocycles. The SMILES string of the molecule is CCOc1cc(C#N)cc(Br)c1OC(=O)c1cc(C)nc2cc(F)ccc12. The van der Waals surface area contributed by atoms with Gasteiger partial charge in [0.05, 0.1) is 33.8 Å². The zero-order chi connectivity index (χ0) is 19.6. The Bertz CT molecular complexity index is 1090. The topological polar surface area (TPSA) is 72.2 Å². The molecule has 7 heteroatoms. The van der Waals surface area contributed by atoms with E-state index in [-0.39, 0.29) is 17.1 Å². The van der Waals surface area contributed by atoms with E-state index in [1.54, 1.807) is 19.9 Å². The Morgan fingerprint density at radius 2 is 2.07 bits per heavy atom. The second-order valence-corrected chi connectivity index (χ2v) is 6.55. The van der Waals surface area contributed by atoms with Crippen molar-refractivity contribution in [2.24, 2.45) is 0 Å². The van der Waals surface area contributed by atoms with Crippen LogP contribution in [-0.2, 0) is 0 Å². The molecule has 0 aliphatic rings. The normalized spacial score (nSPS) is 10.5. The molecule has 136 valence electrons. The number of ether oxygens (including phenoxy) is 2. The van der Waals surface area contributed by atoms with E-state index in [0.29, 0.717) is 33.2 Å². The maximum Gasteiger partial charge on any atom is 0.344 e. The Hall–Kier alpha value is -2.98. The van der Waals surface area contributed by atoms with Gasteiger partial charge in [-0.2, -0.15) is 5.26 Å². The summed E-state index contributed by atoms with van der Waals surface area (Å²) in [6.07, 6.45) is 0. The highest BCUT2D eigenvalue weighted by molar-refractivity contribution is 9.10. The summed E-state index contributed by atoms with van der Waals surface area (Å²) in [6, 6.07) is 10.7. The van der Waals surface area contributed by atoms with Crippen LogP contribution in [0.4, 0.5) is 4.39 Å². The van der Waals surface area contributed by atoms with Gasteiger partial charge in [-0.1, -0.05) is 0 Å². The van der Waals surface area contributed by atoms with E-state index < -0.39 is 11.8 Å². The van der Waals surface area contributed by atoms with Gasteiger partial charge >= 0.3 is 5.97 Å². The van der Waals surface area contributed by atoms with Crippen molar-refractivity contribution in [2.45, 2.75) is 13.8 Å². The van der Waals surface area contributed by atoms with Crippen molar-refractivity contribution in [1.82, 2.24) is 4.98 Å². The highest BCUT2D eigenvalue weighted by Crippen LogP contribution is 2.37. The number of rotatable bonds is 4. The van der Waals surface area contributed by atoms with Crippen molar-refractivity contribution in [2.75, 3.05) is 6.61 Å². The second-order valence-electron chi connectivity index (χ2n) is 5.69. The first kappa shape index (κ1) is 18.8. The molecular formula is C20H14BrFN2O3. The van der Waals surface area contributed by atoms with Crippen molar-refractivity contribution in [3.05, 3.63) is 63.5 Å². The first-order valence-electron chi connectivity index (χ1n) is 8.08. The third-order valence-electron chi connectivity index (χ3n) is 3.75. The quantitative estimate of drug-likeness (QED) is 0.434. The third-order valence-corrected chi connectivity index (χ3v) is 4.34. The summed E-state index contributed by atoms with van der Waals surface area (Å²) in [5.41, 5.74) is 1.55. The number of pyridine rings is 1. The van der Waals surface area contributed by atoms with Crippen molar-refractivity contribution < 1.29 is 18.7 Å². The summed E-state index contributed by atoms with van der Waals surface area (Å²) in [4.78, 5) is 17.1. The number of esters is 1. The standard InChI is InChI=1S/C20H14BrFN2O3/c1-3-26-18-8-12(10-23)7-16(21)19(18)27-20(25)15-6-11(2)24-17-9-13(22)4-5-14(15)17/h4-9H,3H2,1-2H3. The van der Waals surface area contributed by atoms with Crippen LogP contribution >= 0.6 is 15.9 Å². The molecule has 0 N–H and O–H groups in total. The summed E-state index contributed by atoms with van der Waals surface area (Å²) in [5.74, 6) is -0.625. The summed E-state index contributed by atoms with van der Waals surface area (Å²) in [6.45, 7) is 3.83. The lowest BCUT2D eigenvalue weighted by Gasteiger charge is -2.14. The molecule has 3 aromatic rings. The Labute approximate surface area is 163 Å². The van der Waals surface area contributed by atoms with Crippen LogP contribution in [0.5, 0.6) is 11.5 Å². The minimum Gasteiger partial charge on any atom is -0.490 e. The average molecular weight is 429 g/mol. The average Bonchev–Trinajstić information content (AvgIpc) is 2.63. The van der Waals surface area contributed by atoms with Gasteiger partial charge in [-0.25, -0.2) is 9.18 Å². The Kier molecular flexibility index (Phi) is 5.38. The van der Waals surface area contributed by atoms with Gasteiger partial charge in [0.2, 0.25) is 0 Å². The first-order chi connectivity index (χ1) is 12.9. The van der Waals surface area contributed by atoms with Gasteiger partial charge in [0.1, 0.15) is 5.82 Å². The fourth-order valence-corrected chi connectivity index (χ4v) is 3.17. The fourth-order valence-electron chi connectivity index (χ4n) is 2.65. The molecule has 3 rings (SSSR count). The van der Waals surface area contributed by atoms with Crippen molar-refractivity contribution >= 4 is 32.8 Å². The van der Waals surface area contributed by atoms with E-state index in [1.165, 1.54) is 30.3 Å². The molecule has 0 unspecified atom stereocenters. The third kappa shape index (κ3) is 3.91.